The van der Waals surface area contributed by atoms with Gasteiger partial charge >= 0.3 is 5.97 Å². The van der Waals surface area contributed by atoms with Crippen LogP contribution in [0, 0.1) is 13.8 Å². The molecule has 148 valence electrons. The van der Waals surface area contributed by atoms with Crippen molar-refractivity contribution >= 4 is 17.6 Å². The molecule has 1 aliphatic rings. The second kappa shape index (κ2) is 8.33. The third-order valence-corrected chi connectivity index (χ3v) is 5.07. The van der Waals surface area contributed by atoms with Gasteiger partial charge in [0.2, 0.25) is 0 Å². The molecule has 1 aliphatic carbocycles. The number of carbonyl (C=O) groups is 2. The summed E-state index contributed by atoms with van der Waals surface area (Å²) in [5.74, 6) is -0.228. The molecule has 0 atom stereocenters. The number of rotatable bonds is 6. The van der Waals surface area contributed by atoms with E-state index in [2.05, 4.69) is 5.32 Å². The molecule has 0 bridgehead atoms. The Morgan fingerprint density at radius 1 is 1.04 bits per heavy atom. The molecular formula is C22H25NO5. The van der Waals surface area contributed by atoms with Crippen LogP contribution in [-0.4, -0.2) is 30.2 Å². The average Bonchev–Trinajstić information content (AvgIpc) is 3.17. The molecule has 1 saturated carbocycles. The number of hydrogen-bond donors (Lipinski definition) is 2. The second-order valence-electron chi connectivity index (χ2n) is 7.13. The summed E-state index contributed by atoms with van der Waals surface area (Å²) >= 11 is 0. The smallest absolute Gasteiger partial charge is 0.336 e. The van der Waals surface area contributed by atoms with Gasteiger partial charge in [0, 0.05) is 11.3 Å². The molecule has 6 heteroatoms. The summed E-state index contributed by atoms with van der Waals surface area (Å²) in [7, 11) is 1.54. The zero-order valence-electron chi connectivity index (χ0n) is 16.4. The first-order valence-corrected chi connectivity index (χ1v) is 9.39. The van der Waals surface area contributed by atoms with Crippen LogP contribution in [0.15, 0.2) is 30.3 Å². The number of nitrogens with one attached hydrogen (secondary N) is 1. The van der Waals surface area contributed by atoms with Gasteiger partial charge < -0.3 is 19.9 Å². The molecule has 0 aromatic heterocycles. The van der Waals surface area contributed by atoms with Crippen LogP contribution in [0.25, 0.3) is 0 Å². The largest absolute Gasteiger partial charge is 0.493 e. The molecule has 1 amide bonds. The molecule has 28 heavy (non-hydrogen) atoms. The molecule has 0 spiro atoms. The summed E-state index contributed by atoms with van der Waals surface area (Å²) in [6, 6.07) is 8.31. The Bertz CT molecular complexity index is 900. The fourth-order valence-electron chi connectivity index (χ4n) is 3.50. The van der Waals surface area contributed by atoms with Crippen LogP contribution < -0.4 is 14.8 Å². The first-order chi connectivity index (χ1) is 13.4. The fraction of sp³-hybridized carbons (Fsp3) is 0.364. The lowest BCUT2D eigenvalue weighted by Gasteiger charge is -2.17. The summed E-state index contributed by atoms with van der Waals surface area (Å²) in [5, 5.41) is 12.1. The third kappa shape index (κ3) is 4.27. The highest BCUT2D eigenvalue weighted by molar-refractivity contribution is 6.05. The number of anilines is 1. The summed E-state index contributed by atoms with van der Waals surface area (Å²) in [4.78, 5) is 24.1. The Morgan fingerprint density at radius 3 is 2.39 bits per heavy atom. The van der Waals surface area contributed by atoms with Gasteiger partial charge in [-0.25, -0.2) is 4.79 Å². The van der Waals surface area contributed by atoms with Crippen molar-refractivity contribution in [3.63, 3.8) is 0 Å². The van der Waals surface area contributed by atoms with Crippen LogP contribution in [0.4, 0.5) is 5.69 Å². The van der Waals surface area contributed by atoms with Crippen LogP contribution in [0.2, 0.25) is 0 Å². The van der Waals surface area contributed by atoms with Crippen molar-refractivity contribution in [2.24, 2.45) is 0 Å². The minimum atomic E-state index is -1.02. The van der Waals surface area contributed by atoms with E-state index in [-0.39, 0.29) is 17.6 Å². The van der Waals surface area contributed by atoms with E-state index in [4.69, 9.17) is 9.47 Å². The SMILES string of the molecule is COc1cc(C(=O)Nc2cc(C(=O)O)c(C)cc2C)ccc1OC1CCCC1. The lowest BCUT2D eigenvalue weighted by atomic mass is 10.0. The number of benzene rings is 2. The minimum Gasteiger partial charge on any atom is -0.493 e. The Kier molecular flexibility index (Phi) is 5.87. The van der Waals surface area contributed by atoms with Gasteiger partial charge in [-0.3, -0.25) is 4.79 Å². The molecule has 2 aromatic rings. The highest BCUT2D eigenvalue weighted by Crippen LogP contribution is 2.32. The van der Waals surface area contributed by atoms with Gasteiger partial charge in [-0.05, 0) is 74.9 Å². The molecule has 2 N–H and O–H groups in total. The number of carboxylic acids is 1. The lowest BCUT2D eigenvalue weighted by molar-refractivity contribution is 0.0695. The zero-order valence-corrected chi connectivity index (χ0v) is 16.4. The van der Waals surface area contributed by atoms with Crippen LogP contribution in [0.3, 0.4) is 0 Å². The van der Waals surface area contributed by atoms with Crippen LogP contribution in [0.1, 0.15) is 57.5 Å². The maximum Gasteiger partial charge on any atom is 0.336 e. The number of carbonyl (C=O) groups excluding carboxylic acids is 1. The molecule has 1 fully saturated rings. The second-order valence-corrected chi connectivity index (χ2v) is 7.13. The summed E-state index contributed by atoms with van der Waals surface area (Å²) in [6.45, 7) is 3.56. The summed E-state index contributed by atoms with van der Waals surface area (Å²) in [5.41, 5.74) is 2.49. The predicted molar refractivity (Wildman–Crippen MR) is 107 cm³/mol. The van der Waals surface area contributed by atoms with Crippen LogP contribution >= 0.6 is 0 Å². The minimum absolute atomic E-state index is 0.166. The van der Waals surface area contributed by atoms with E-state index >= 15 is 0 Å². The van der Waals surface area contributed by atoms with Crippen molar-refractivity contribution in [2.45, 2.75) is 45.6 Å². The van der Waals surface area contributed by atoms with Crippen molar-refractivity contribution in [1.82, 2.24) is 0 Å². The first-order valence-electron chi connectivity index (χ1n) is 9.39. The summed E-state index contributed by atoms with van der Waals surface area (Å²) < 4.78 is 11.4. The number of aryl methyl sites for hydroxylation is 2. The average molecular weight is 383 g/mol. The van der Waals surface area contributed by atoms with E-state index in [1.54, 1.807) is 38.3 Å². The number of methoxy groups -OCH3 is 1. The van der Waals surface area contributed by atoms with E-state index in [9.17, 15) is 14.7 Å². The summed E-state index contributed by atoms with van der Waals surface area (Å²) in [6.07, 6.45) is 4.59. The van der Waals surface area contributed by atoms with E-state index in [0.29, 0.717) is 28.3 Å². The molecule has 0 radical (unpaired) electrons. The standard InChI is InChI=1S/C22H25NO5/c1-13-10-14(2)18(12-17(13)22(25)26)23-21(24)15-8-9-19(20(11-15)27-3)28-16-6-4-5-7-16/h8-12,16H,4-7H2,1-3H3,(H,23,24)(H,25,26). The normalized spacial score (nSPS) is 14.0. The number of ether oxygens (including phenoxy) is 2. The molecule has 3 rings (SSSR count). The molecule has 0 unspecified atom stereocenters. The first kappa shape index (κ1) is 19.7. The van der Waals surface area contributed by atoms with Gasteiger partial charge in [0.15, 0.2) is 11.5 Å². The van der Waals surface area contributed by atoms with Gasteiger partial charge in [0.1, 0.15) is 0 Å². The number of aromatic carboxylic acids is 1. The molecule has 0 heterocycles. The predicted octanol–water partition coefficient (Wildman–Crippen LogP) is 4.58. The highest BCUT2D eigenvalue weighted by Gasteiger charge is 2.20. The quantitative estimate of drug-likeness (QED) is 0.762. The van der Waals surface area contributed by atoms with E-state index < -0.39 is 5.97 Å². The van der Waals surface area contributed by atoms with Gasteiger partial charge in [-0.2, -0.15) is 0 Å². The topological polar surface area (TPSA) is 84.9 Å². The van der Waals surface area contributed by atoms with Gasteiger partial charge in [0.05, 0.1) is 18.8 Å². The number of hydrogen-bond acceptors (Lipinski definition) is 4. The lowest BCUT2D eigenvalue weighted by Crippen LogP contribution is -2.15. The number of carboxylic acid groups (broad SMARTS) is 1. The van der Waals surface area contributed by atoms with Crippen molar-refractivity contribution in [1.29, 1.82) is 0 Å². The van der Waals surface area contributed by atoms with E-state index in [1.807, 2.05) is 6.92 Å². The maximum absolute atomic E-state index is 12.7. The van der Waals surface area contributed by atoms with Crippen LogP contribution in [-0.2, 0) is 0 Å². The third-order valence-electron chi connectivity index (χ3n) is 5.07. The van der Waals surface area contributed by atoms with Crippen molar-refractivity contribution in [2.75, 3.05) is 12.4 Å². The molecular weight excluding hydrogens is 358 g/mol. The van der Waals surface area contributed by atoms with Crippen molar-refractivity contribution in [3.8, 4) is 11.5 Å². The zero-order chi connectivity index (χ0) is 20.3. The van der Waals surface area contributed by atoms with E-state index in [0.717, 1.165) is 18.4 Å². The fourth-order valence-corrected chi connectivity index (χ4v) is 3.50. The maximum atomic E-state index is 12.7. The molecule has 0 aliphatic heterocycles. The van der Waals surface area contributed by atoms with Crippen molar-refractivity contribution < 1.29 is 24.2 Å². The van der Waals surface area contributed by atoms with E-state index in [1.165, 1.54) is 18.9 Å². The van der Waals surface area contributed by atoms with Crippen molar-refractivity contribution in [3.05, 3.63) is 52.6 Å². The Labute approximate surface area is 164 Å². The molecule has 0 saturated heterocycles. The number of amides is 1. The molecule has 6 nitrogen and oxygen atoms in total. The Morgan fingerprint density at radius 2 is 1.75 bits per heavy atom. The Balaban J connectivity index is 1.81. The highest BCUT2D eigenvalue weighted by atomic mass is 16.5. The van der Waals surface area contributed by atoms with Crippen LogP contribution in [0.5, 0.6) is 11.5 Å². The van der Waals surface area contributed by atoms with Gasteiger partial charge in [0.25, 0.3) is 5.91 Å². The molecule has 2 aromatic carbocycles. The Hall–Kier alpha value is -3.02. The van der Waals surface area contributed by atoms with Gasteiger partial charge in [-0.15, -0.1) is 0 Å². The monoisotopic (exact) mass is 383 g/mol. The van der Waals surface area contributed by atoms with Gasteiger partial charge in [-0.1, -0.05) is 6.07 Å².